The molecular formula is C26H22ClN5O2S. The Hall–Kier alpha value is -3.49. The van der Waals surface area contributed by atoms with Crippen molar-refractivity contribution in [3.63, 3.8) is 0 Å². The minimum absolute atomic E-state index is 0.138. The molecule has 1 aliphatic rings. The van der Waals surface area contributed by atoms with Crippen molar-refractivity contribution in [1.29, 1.82) is 0 Å². The summed E-state index contributed by atoms with van der Waals surface area (Å²) in [6.45, 7) is 0. The number of nitrogens with zero attached hydrogens (tertiary/aromatic N) is 4. The van der Waals surface area contributed by atoms with Gasteiger partial charge in [-0.15, -0.1) is 11.3 Å². The monoisotopic (exact) mass is 503 g/mol. The molecule has 4 heterocycles. The third-order valence-corrected chi connectivity index (χ3v) is 8.12. The molecule has 0 saturated heterocycles. The van der Waals surface area contributed by atoms with Gasteiger partial charge in [0.05, 0.1) is 27.4 Å². The lowest BCUT2D eigenvalue weighted by Gasteiger charge is -2.27. The van der Waals surface area contributed by atoms with Gasteiger partial charge in [-0.2, -0.15) is 0 Å². The number of carboxylic acid groups (broad SMARTS) is 1. The molecule has 0 radical (unpaired) electrons. The summed E-state index contributed by atoms with van der Waals surface area (Å²) in [5, 5.41) is 13.7. The molecule has 4 aromatic heterocycles. The Morgan fingerprint density at radius 1 is 1.11 bits per heavy atom. The molecule has 0 bridgehead atoms. The van der Waals surface area contributed by atoms with Gasteiger partial charge >= 0.3 is 5.97 Å². The summed E-state index contributed by atoms with van der Waals surface area (Å²) in [6.07, 6.45) is 6.32. The van der Waals surface area contributed by atoms with Gasteiger partial charge < -0.3 is 15.4 Å². The first-order valence-electron chi connectivity index (χ1n) is 11.5. The molecule has 0 atom stereocenters. The van der Waals surface area contributed by atoms with Crippen LogP contribution >= 0.6 is 22.9 Å². The third kappa shape index (κ3) is 3.83. The van der Waals surface area contributed by atoms with Crippen molar-refractivity contribution in [2.24, 2.45) is 5.92 Å². The zero-order valence-electron chi connectivity index (χ0n) is 18.7. The number of aromatic nitrogens is 4. The van der Waals surface area contributed by atoms with E-state index < -0.39 is 5.97 Å². The highest BCUT2D eigenvalue weighted by Gasteiger charge is 2.29. The number of benzene rings is 1. The van der Waals surface area contributed by atoms with Crippen molar-refractivity contribution in [2.75, 3.05) is 5.73 Å². The molecule has 0 aliphatic heterocycles. The fourth-order valence-corrected chi connectivity index (χ4v) is 6.07. The standard InChI is InChI=1S/C26H22ClN5O2S/c27-19-10-15-5-8-20(22-2-1-9-35-22)31-21(15)11-17(19)18-12-32(25-23(18)24(28)29-13-30-25)16-6-3-14(4-7-16)26(33)34/h1-2,5,8-14,16H,3-4,6-7H2,(H,33,34)(H2,28,29,30). The van der Waals surface area contributed by atoms with Crippen LogP contribution in [-0.4, -0.2) is 30.6 Å². The number of halogens is 1. The van der Waals surface area contributed by atoms with Crippen molar-refractivity contribution in [2.45, 2.75) is 31.7 Å². The quantitative estimate of drug-likeness (QED) is 0.293. The van der Waals surface area contributed by atoms with Gasteiger partial charge in [-0.25, -0.2) is 15.0 Å². The SMILES string of the molecule is Nc1ncnc2c1c(-c1cc3nc(-c4cccs4)ccc3cc1Cl)cn2C1CCC(C(=O)O)CC1. The van der Waals surface area contributed by atoms with Crippen LogP contribution in [0.5, 0.6) is 0 Å². The second-order valence-corrected chi connectivity index (χ2v) is 10.3. The summed E-state index contributed by atoms with van der Waals surface area (Å²) in [5.41, 5.74) is 10.5. The Morgan fingerprint density at radius 3 is 2.69 bits per heavy atom. The number of anilines is 1. The number of fused-ring (bicyclic) bond motifs is 2. The Bertz CT molecular complexity index is 1570. The van der Waals surface area contributed by atoms with Crippen LogP contribution in [0, 0.1) is 5.92 Å². The number of carboxylic acids is 1. The maximum Gasteiger partial charge on any atom is 0.306 e. The summed E-state index contributed by atoms with van der Waals surface area (Å²) in [6, 6.07) is 12.2. The Morgan fingerprint density at radius 2 is 1.94 bits per heavy atom. The third-order valence-electron chi connectivity index (χ3n) is 6.92. The van der Waals surface area contributed by atoms with Crippen LogP contribution in [0.4, 0.5) is 5.82 Å². The van der Waals surface area contributed by atoms with Gasteiger partial charge in [-0.3, -0.25) is 4.79 Å². The van der Waals surface area contributed by atoms with Crippen LogP contribution in [-0.2, 0) is 4.79 Å². The Labute approximate surface area is 210 Å². The van der Waals surface area contributed by atoms with Gasteiger partial charge in [-0.05, 0) is 55.3 Å². The number of rotatable bonds is 4. The first-order valence-corrected chi connectivity index (χ1v) is 12.7. The van der Waals surface area contributed by atoms with Gasteiger partial charge in [0.15, 0.2) is 0 Å². The largest absolute Gasteiger partial charge is 0.481 e. The fourth-order valence-electron chi connectivity index (χ4n) is 5.10. The molecule has 0 spiro atoms. The van der Waals surface area contributed by atoms with E-state index in [-0.39, 0.29) is 12.0 Å². The van der Waals surface area contributed by atoms with Crippen molar-refractivity contribution in [1.82, 2.24) is 19.5 Å². The van der Waals surface area contributed by atoms with Crippen LogP contribution in [0.25, 0.3) is 43.6 Å². The number of carbonyl (C=O) groups is 1. The van der Waals surface area contributed by atoms with E-state index in [4.69, 9.17) is 22.3 Å². The van der Waals surface area contributed by atoms with Crippen LogP contribution in [0.3, 0.4) is 0 Å². The summed E-state index contributed by atoms with van der Waals surface area (Å²) in [7, 11) is 0. The summed E-state index contributed by atoms with van der Waals surface area (Å²) in [5.74, 6) is -0.615. The van der Waals surface area contributed by atoms with Gasteiger partial charge in [0.1, 0.15) is 17.8 Å². The highest BCUT2D eigenvalue weighted by molar-refractivity contribution is 7.13. The van der Waals surface area contributed by atoms with E-state index in [0.29, 0.717) is 23.7 Å². The van der Waals surface area contributed by atoms with E-state index in [0.717, 1.165) is 56.5 Å². The van der Waals surface area contributed by atoms with Gasteiger partial charge in [0.25, 0.3) is 0 Å². The van der Waals surface area contributed by atoms with Crippen molar-refractivity contribution in [3.05, 3.63) is 59.3 Å². The molecule has 0 unspecified atom stereocenters. The molecule has 6 rings (SSSR count). The minimum Gasteiger partial charge on any atom is -0.481 e. The second kappa shape index (κ2) is 8.62. The number of nitrogen functional groups attached to an aromatic ring is 1. The maximum atomic E-state index is 11.4. The number of aliphatic carboxylic acids is 1. The molecule has 1 fully saturated rings. The molecule has 1 aliphatic carbocycles. The average Bonchev–Trinajstić information content (AvgIpc) is 3.53. The van der Waals surface area contributed by atoms with E-state index in [2.05, 4.69) is 20.6 Å². The number of hydrogen-bond donors (Lipinski definition) is 2. The summed E-state index contributed by atoms with van der Waals surface area (Å²) in [4.78, 5) is 26.2. The average molecular weight is 504 g/mol. The lowest BCUT2D eigenvalue weighted by atomic mass is 9.86. The summed E-state index contributed by atoms with van der Waals surface area (Å²) >= 11 is 8.45. The van der Waals surface area contributed by atoms with Gasteiger partial charge in [-0.1, -0.05) is 23.7 Å². The molecule has 9 heteroatoms. The zero-order chi connectivity index (χ0) is 24.1. The first-order chi connectivity index (χ1) is 17.0. The van der Waals surface area contributed by atoms with Crippen LogP contribution in [0.15, 0.2) is 54.3 Å². The molecule has 3 N–H and O–H groups in total. The molecule has 0 amide bonds. The predicted octanol–water partition coefficient (Wildman–Crippen LogP) is 6.43. The molecule has 1 aromatic carbocycles. The van der Waals surface area contributed by atoms with Crippen molar-refractivity contribution >= 4 is 56.7 Å². The highest BCUT2D eigenvalue weighted by atomic mass is 35.5. The first kappa shape index (κ1) is 22.0. The lowest BCUT2D eigenvalue weighted by molar-refractivity contribution is -0.143. The number of hydrogen-bond acceptors (Lipinski definition) is 6. The molecule has 35 heavy (non-hydrogen) atoms. The maximum absolute atomic E-state index is 11.4. The predicted molar refractivity (Wildman–Crippen MR) is 140 cm³/mol. The van der Waals surface area contributed by atoms with Crippen LogP contribution in [0.2, 0.25) is 5.02 Å². The molecule has 1 saturated carbocycles. The van der Waals surface area contributed by atoms with E-state index >= 15 is 0 Å². The van der Waals surface area contributed by atoms with Gasteiger partial charge in [0, 0.05) is 33.8 Å². The lowest BCUT2D eigenvalue weighted by Crippen LogP contribution is -2.23. The normalized spacial score (nSPS) is 18.3. The van der Waals surface area contributed by atoms with E-state index in [9.17, 15) is 9.90 Å². The second-order valence-electron chi connectivity index (χ2n) is 8.95. The molecule has 5 aromatic rings. The molecule has 176 valence electrons. The fraction of sp³-hybridized carbons (Fsp3) is 0.231. The topological polar surface area (TPSA) is 107 Å². The number of pyridine rings is 1. The van der Waals surface area contributed by atoms with E-state index in [1.54, 1.807) is 11.3 Å². The van der Waals surface area contributed by atoms with Crippen LogP contribution < -0.4 is 5.73 Å². The zero-order valence-corrected chi connectivity index (χ0v) is 20.3. The van der Waals surface area contributed by atoms with Crippen molar-refractivity contribution < 1.29 is 9.90 Å². The summed E-state index contributed by atoms with van der Waals surface area (Å²) < 4.78 is 2.12. The van der Waals surface area contributed by atoms with Gasteiger partial charge in [0.2, 0.25) is 0 Å². The number of nitrogens with two attached hydrogens (primary N) is 1. The Balaban J connectivity index is 1.48. The minimum atomic E-state index is -0.717. The van der Waals surface area contributed by atoms with Crippen molar-refractivity contribution in [3.8, 4) is 21.7 Å². The van der Waals surface area contributed by atoms with E-state index in [1.165, 1.54) is 6.33 Å². The number of thiophene rings is 1. The smallest absolute Gasteiger partial charge is 0.306 e. The molecular weight excluding hydrogens is 482 g/mol. The Kier molecular flexibility index (Phi) is 5.42. The molecule has 7 nitrogen and oxygen atoms in total. The highest BCUT2D eigenvalue weighted by Crippen LogP contribution is 2.42. The van der Waals surface area contributed by atoms with E-state index in [1.807, 2.05) is 41.9 Å². The van der Waals surface area contributed by atoms with Crippen LogP contribution in [0.1, 0.15) is 31.7 Å².